The summed E-state index contributed by atoms with van der Waals surface area (Å²) in [5, 5.41) is 0.00876. The summed E-state index contributed by atoms with van der Waals surface area (Å²) >= 11 is 1.71. The number of nitrogens with zero attached hydrogens (tertiary/aromatic N) is 1. The topological polar surface area (TPSA) is 20.3 Å². The Kier molecular flexibility index (Phi) is 4.84. The van der Waals surface area contributed by atoms with Crippen LogP contribution in [0.15, 0.2) is 59.5 Å². The Morgan fingerprint density at radius 2 is 1.86 bits per heavy atom. The lowest BCUT2D eigenvalue weighted by Crippen LogP contribution is -2.38. The number of anilines is 1. The van der Waals surface area contributed by atoms with Gasteiger partial charge in [0.05, 0.1) is 5.25 Å². The third-order valence-corrected chi connectivity index (χ3v) is 5.30. The highest BCUT2D eigenvalue weighted by atomic mass is 32.2. The lowest BCUT2D eigenvalue weighted by molar-refractivity contribution is -0.118. The lowest BCUT2D eigenvalue weighted by atomic mass is 10.1. The van der Waals surface area contributed by atoms with Crippen molar-refractivity contribution >= 4 is 23.4 Å². The molecule has 114 valence electrons. The van der Waals surface area contributed by atoms with Crippen LogP contribution in [-0.4, -0.2) is 17.7 Å². The van der Waals surface area contributed by atoms with Gasteiger partial charge in [-0.2, -0.15) is 0 Å². The molecule has 3 heteroatoms. The van der Waals surface area contributed by atoms with Crippen molar-refractivity contribution in [2.75, 3.05) is 11.4 Å². The monoisotopic (exact) mass is 311 g/mol. The second-order valence-corrected chi connectivity index (χ2v) is 6.84. The van der Waals surface area contributed by atoms with Gasteiger partial charge in [0.1, 0.15) is 0 Å². The predicted molar refractivity (Wildman–Crippen MR) is 93.5 cm³/mol. The average Bonchev–Trinajstić information content (AvgIpc) is 3.00. The first-order valence-electron chi connectivity index (χ1n) is 7.90. The van der Waals surface area contributed by atoms with Crippen LogP contribution in [0.3, 0.4) is 0 Å². The molecule has 0 aromatic heterocycles. The molecule has 0 radical (unpaired) electrons. The molecule has 0 aliphatic carbocycles. The summed E-state index contributed by atoms with van der Waals surface area (Å²) in [5.74, 6) is 0.237. The minimum atomic E-state index is 0.00876. The van der Waals surface area contributed by atoms with Crippen molar-refractivity contribution in [3.05, 3.63) is 60.2 Å². The van der Waals surface area contributed by atoms with Crippen molar-refractivity contribution in [3.63, 3.8) is 0 Å². The first-order chi connectivity index (χ1) is 10.8. The number of carbonyl (C=O) groups is 1. The Labute approximate surface area is 136 Å². The molecule has 0 bridgehead atoms. The van der Waals surface area contributed by atoms with Crippen LogP contribution in [0, 0.1) is 0 Å². The second-order valence-electron chi connectivity index (χ2n) is 5.60. The Morgan fingerprint density at radius 3 is 2.59 bits per heavy atom. The summed E-state index contributed by atoms with van der Waals surface area (Å²) in [4.78, 5) is 16.2. The van der Waals surface area contributed by atoms with Gasteiger partial charge in [-0.15, -0.1) is 11.8 Å². The Morgan fingerprint density at radius 1 is 1.14 bits per heavy atom. The number of thioether (sulfide) groups is 1. The average molecular weight is 311 g/mol. The lowest BCUT2D eigenvalue weighted by Gasteiger charge is -2.25. The Balaban J connectivity index is 1.79. The predicted octanol–water partition coefficient (Wildman–Crippen LogP) is 4.54. The molecule has 0 saturated heterocycles. The van der Waals surface area contributed by atoms with Crippen LogP contribution in [0.25, 0.3) is 0 Å². The summed E-state index contributed by atoms with van der Waals surface area (Å²) in [6.07, 6.45) is 2.97. The van der Waals surface area contributed by atoms with Crippen LogP contribution in [0.4, 0.5) is 5.69 Å². The van der Waals surface area contributed by atoms with Gasteiger partial charge in [0.15, 0.2) is 0 Å². The van der Waals surface area contributed by atoms with E-state index in [0.717, 1.165) is 31.5 Å². The SMILES string of the molecule is CCCCN(C(=O)C1Cc2ccccc2S1)c1ccccc1. The Hall–Kier alpha value is -1.74. The van der Waals surface area contributed by atoms with Crippen LogP contribution in [0.2, 0.25) is 0 Å². The fourth-order valence-corrected chi connectivity index (χ4v) is 4.04. The number of fused-ring (bicyclic) bond motifs is 1. The van der Waals surface area contributed by atoms with Crippen molar-refractivity contribution in [1.82, 2.24) is 0 Å². The highest BCUT2D eigenvalue weighted by molar-refractivity contribution is 8.01. The third-order valence-electron chi connectivity index (χ3n) is 3.99. The van der Waals surface area contributed by atoms with Gasteiger partial charge in [0.2, 0.25) is 5.91 Å². The van der Waals surface area contributed by atoms with E-state index in [1.807, 2.05) is 41.3 Å². The van der Waals surface area contributed by atoms with Crippen molar-refractivity contribution in [2.24, 2.45) is 0 Å². The van der Waals surface area contributed by atoms with E-state index in [1.54, 1.807) is 11.8 Å². The third kappa shape index (κ3) is 3.20. The van der Waals surface area contributed by atoms with E-state index < -0.39 is 0 Å². The molecule has 3 rings (SSSR count). The van der Waals surface area contributed by atoms with Gasteiger partial charge >= 0.3 is 0 Å². The van der Waals surface area contributed by atoms with E-state index in [1.165, 1.54) is 10.5 Å². The summed E-state index contributed by atoms with van der Waals surface area (Å²) in [6.45, 7) is 2.96. The number of para-hydroxylation sites is 1. The summed E-state index contributed by atoms with van der Waals surface area (Å²) in [5.41, 5.74) is 2.31. The van der Waals surface area contributed by atoms with Gasteiger partial charge in [-0.3, -0.25) is 4.79 Å². The van der Waals surface area contributed by atoms with E-state index in [9.17, 15) is 4.79 Å². The first kappa shape index (κ1) is 15.2. The molecule has 1 unspecified atom stereocenters. The molecule has 0 fully saturated rings. The molecule has 0 N–H and O–H groups in total. The number of rotatable bonds is 5. The molecule has 2 nitrogen and oxygen atoms in total. The van der Waals surface area contributed by atoms with Crippen LogP contribution in [-0.2, 0) is 11.2 Å². The van der Waals surface area contributed by atoms with Gasteiger partial charge in [-0.05, 0) is 36.6 Å². The fraction of sp³-hybridized carbons (Fsp3) is 0.316. The number of hydrogen-bond acceptors (Lipinski definition) is 2. The summed E-state index contributed by atoms with van der Waals surface area (Å²) in [7, 11) is 0. The van der Waals surface area contributed by atoms with E-state index in [-0.39, 0.29) is 11.2 Å². The molecule has 2 aromatic carbocycles. The van der Waals surface area contributed by atoms with Crippen molar-refractivity contribution in [3.8, 4) is 0 Å². The minimum absolute atomic E-state index is 0.00876. The number of amides is 1. The first-order valence-corrected chi connectivity index (χ1v) is 8.78. The summed E-state index contributed by atoms with van der Waals surface area (Å²) < 4.78 is 0. The molecule has 1 heterocycles. The molecule has 0 saturated carbocycles. The highest BCUT2D eigenvalue weighted by Crippen LogP contribution is 2.38. The smallest absolute Gasteiger partial charge is 0.240 e. The number of hydrogen-bond donors (Lipinski definition) is 0. The van der Waals surface area contributed by atoms with Crippen LogP contribution < -0.4 is 4.90 Å². The number of benzene rings is 2. The molecular weight excluding hydrogens is 290 g/mol. The van der Waals surface area contributed by atoms with Gasteiger partial charge < -0.3 is 4.90 Å². The maximum atomic E-state index is 13.0. The normalized spacial score (nSPS) is 16.3. The minimum Gasteiger partial charge on any atom is -0.311 e. The van der Waals surface area contributed by atoms with Crippen molar-refractivity contribution in [2.45, 2.75) is 36.3 Å². The number of unbranched alkanes of at least 4 members (excludes halogenated alkanes) is 1. The molecular formula is C19H21NOS. The van der Waals surface area contributed by atoms with Crippen LogP contribution in [0.5, 0.6) is 0 Å². The Bertz CT molecular complexity index is 616. The van der Waals surface area contributed by atoms with E-state index in [0.29, 0.717) is 0 Å². The van der Waals surface area contributed by atoms with Crippen molar-refractivity contribution < 1.29 is 4.79 Å². The zero-order chi connectivity index (χ0) is 15.4. The quantitative estimate of drug-likeness (QED) is 0.808. The van der Waals surface area contributed by atoms with Crippen molar-refractivity contribution in [1.29, 1.82) is 0 Å². The summed E-state index contributed by atoms with van der Waals surface area (Å²) in [6, 6.07) is 18.4. The second kappa shape index (κ2) is 7.01. The van der Waals surface area contributed by atoms with Gasteiger partial charge in [0.25, 0.3) is 0 Å². The van der Waals surface area contributed by atoms with Gasteiger partial charge in [-0.1, -0.05) is 49.7 Å². The standard InChI is InChI=1S/C19H21NOS/c1-2-3-13-20(16-10-5-4-6-11-16)19(21)18-14-15-9-7-8-12-17(15)22-18/h4-12,18H,2-3,13-14H2,1H3. The van der Waals surface area contributed by atoms with E-state index >= 15 is 0 Å². The molecule has 0 spiro atoms. The molecule has 1 aliphatic rings. The molecule has 2 aromatic rings. The maximum absolute atomic E-state index is 13.0. The van der Waals surface area contributed by atoms with Crippen LogP contribution in [0.1, 0.15) is 25.3 Å². The molecule has 1 aliphatic heterocycles. The van der Waals surface area contributed by atoms with E-state index in [2.05, 4.69) is 25.1 Å². The maximum Gasteiger partial charge on any atom is 0.240 e. The molecule has 22 heavy (non-hydrogen) atoms. The largest absolute Gasteiger partial charge is 0.311 e. The van der Waals surface area contributed by atoms with Gasteiger partial charge in [0, 0.05) is 17.1 Å². The zero-order valence-corrected chi connectivity index (χ0v) is 13.7. The molecule has 1 atom stereocenters. The highest BCUT2D eigenvalue weighted by Gasteiger charge is 2.31. The molecule has 1 amide bonds. The fourth-order valence-electron chi connectivity index (χ4n) is 2.78. The van der Waals surface area contributed by atoms with Gasteiger partial charge in [-0.25, -0.2) is 0 Å². The number of carbonyl (C=O) groups excluding carboxylic acids is 1. The van der Waals surface area contributed by atoms with Crippen LogP contribution >= 0.6 is 11.8 Å². The van der Waals surface area contributed by atoms with E-state index in [4.69, 9.17) is 0 Å². The zero-order valence-electron chi connectivity index (χ0n) is 12.9.